The maximum absolute atomic E-state index is 12.2. The number of methoxy groups -OCH3 is 1. The summed E-state index contributed by atoms with van der Waals surface area (Å²) in [6.07, 6.45) is 1.38. The molecule has 0 radical (unpaired) electrons. The van der Waals surface area contributed by atoms with Gasteiger partial charge in [0.25, 0.3) is 5.91 Å². The Balaban J connectivity index is 2.23. The van der Waals surface area contributed by atoms with E-state index in [1.807, 2.05) is 13.0 Å². The van der Waals surface area contributed by atoms with Gasteiger partial charge >= 0.3 is 0 Å². The standard InChI is InChI=1S/C18H15ClN2O3/c1-11-3-5-14(9-15(11)19)21-18(23)13(10-20)7-12-4-6-17(24-2)16(22)8-12/h3-9,22H,1-2H3,(H,21,23)/b13-7-. The van der Waals surface area contributed by atoms with Crippen LogP contribution >= 0.6 is 11.6 Å². The van der Waals surface area contributed by atoms with Crippen LogP contribution in [0.25, 0.3) is 6.08 Å². The fraction of sp³-hybridized carbons (Fsp3) is 0.111. The number of nitrogens with one attached hydrogen (secondary N) is 1. The Hall–Kier alpha value is -2.97. The topological polar surface area (TPSA) is 82.3 Å². The summed E-state index contributed by atoms with van der Waals surface area (Å²) in [6.45, 7) is 1.85. The quantitative estimate of drug-likeness (QED) is 0.652. The zero-order valence-electron chi connectivity index (χ0n) is 13.1. The average Bonchev–Trinajstić information content (AvgIpc) is 2.56. The predicted octanol–water partition coefficient (Wildman–Crippen LogP) is 3.91. The van der Waals surface area contributed by atoms with Gasteiger partial charge in [-0.15, -0.1) is 0 Å². The fourth-order valence-electron chi connectivity index (χ4n) is 1.98. The van der Waals surface area contributed by atoms with Gasteiger partial charge in [-0.05, 0) is 48.4 Å². The van der Waals surface area contributed by atoms with Crippen LogP contribution in [0.2, 0.25) is 5.02 Å². The summed E-state index contributed by atoms with van der Waals surface area (Å²) in [5, 5.41) is 22.1. The first-order chi connectivity index (χ1) is 11.4. The molecule has 6 heteroatoms. The second-order valence-electron chi connectivity index (χ2n) is 5.02. The molecule has 0 heterocycles. The third-order valence-electron chi connectivity index (χ3n) is 3.31. The van der Waals surface area contributed by atoms with Crippen molar-refractivity contribution in [1.82, 2.24) is 0 Å². The zero-order valence-corrected chi connectivity index (χ0v) is 13.9. The van der Waals surface area contributed by atoms with Gasteiger partial charge in [0.1, 0.15) is 11.6 Å². The maximum Gasteiger partial charge on any atom is 0.266 e. The molecule has 5 nitrogen and oxygen atoms in total. The molecule has 0 aliphatic carbocycles. The molecule has 0 saturated carbocycles. The van der Waals surface area contributed by atoms with E-state index in [4.69, 9.17) is 16.3 Å². The molecular formula is C18H15ClN2O3. The SMILES string of the molecule is COc1ccc(/C=C(/C#N)C(=O)Nc2ccc(C)c(Cl)c2)cc1O. The van der Waals surface area contributed by atoms with Crippen LogP contribution in [0.4, 0.5) is 5.69 Å². The van der Waals surface area contributed by atoms with Crippen molar-refractivity contribution in [1.29, 1.82) is 5.26 Å². The monoisotopic (exact) mass is 342 g/mol. The van der Waals surface area contributed by atoms with Gasteiger partial charge in [-0.1, -0.05) is 23.7 Å². The van der Waals surface area contributed by atoms with Gasteiger partial charge < -0.3 is 15.2 Å². The van der Waals surface area contributed by atoms with Gasteiger partial charge in [-0.25, -0.2) is 0 Å². The van der Waals surface area contributed by atoms with Crippen molar-refractivity contribution in [2.24, 2.45) is 0 Å². The molecule has 0 aliphatic rings. The minimum Gasteiger partial charge on any atom is -0.504 e. The van der Waals surface area contributed by atoms with Crippen molar-refractivity contribution < 1.29 is 14.6 Å². The van der Waals surface area contributed by atoms with Crippen molar-refractivity contribution in [3.05, 3.63) is 58.1 Å². The second kappa shape index (κ2) is 7.53. The summed E-state index contributed by atoms with van der Waals surface area (Å²) in [5.41, 5.74) is 1.78. The number of phenolic OH excluding ortho intramolecular Hbond substituents is 1. The van der Waals surface area contributed by atoms with Gasteiger partial charge in [0.05, 0.1) is 7.11 Å². The van der Waals surface area contributed by atoms with E-state index in [0.29, 0.717) is 22.0 Å². The molecule has 122 valence electrons. The first-order valence-corrected chi connectivity index (χ1v) is 7.38. The maximum atomic E-state index is 12.2. The number of carbonyl (C=O) groups is 1. The first kappa shape index (κ1) is 17.4. The predicted molar refractivity (Wildman–Crippen MR) is 93.1 cm³/mol. The number of hydrogen-bond donors (Lipinski definition) is 2. The number of nitriles is 1. The number of phenols is 1. The number of aromatic hydroxyl groups is 1. The molecule has 2 aromatic rings. The summed E-state index contributed by atoms with van der Waals surface area (Å²) in [7, 11) is 1.44. The van der Waals surface area contributed by atoms with Gasteiger partial charge in [-0.2, -0.15) is 5.26 Å². The summed E-state index contributed by atoms with van der Waals surface area (Å²) in [5.74, 6) is -0.327. The minimum atomic E-state index is -0.562. The third kappa shape index (κ3) is 4.06. The molecule has 0 atom stereocenters. The number of aryl methyl sites for hydroxylation is 1. The molecule has 0 aliphatic heterocycles. The van der Waals surface area contributed by atoms with Crippen LogP contribution in [0.5, 0.6) is 11.5 Å². The smallest absolute Gasteiger partial charge is 0.266 e. The molecule has 2 rings (SSSR count). The molecule has 2 aromatic carbocycles. The van der Waals surface area contributed by atoms with E-state index in [2.05, 4.69) is 5.32 Å². The van der Waals surface area contributed by atoms with Gasteiger partial charge in [0.2, 0.25) is 0 Å². The molecule has 1 amide bonds. The largest absolute Gasteiger partial charge is 0.504 e. The molecule has 24 heavy (non-hydrogen) atoms. The van der Waals surface area contributed by atoms with E-state index in [1.165, 1.54) is 19.3 Å². The minimum absolute atomic E-state index is 0.0748. The van der Waals surface area contributed by atoms with E-state index in [1.54, 1.807) is 30.3 Å². The molecule has 0 saturated heterocycles. The summed E-state index contributed by atoms with van der Waals surface area (Å²) in [4.78, 5) is 12.2. The van der Waals surface area contributed by atoms with Crippen LogP contribution in [-0.2, 0) is 4.79 Å². The van der Waals surface area contributed by atoms with Crippen molar-refractivity contribution in [2.45, 2.75) is 6.92 Å². The summed E-state index contributed by atoms with van der Waals surface area (Å²) < 4.78 is 4.95. The van der Waals surface area contributed by atoms with E-state index < -0.39 is 5.91 Å². The van der Waals surface area contributed by atoms with Gasteiger partial charge in [-0.3, -0.25) is 4.79 Å². The third-order valence-corrected chi connectivity index (χ3v) is 3.72. The molecule has 0 aromatic heterocycles. The summed E-state index contributed by atoms with van der Waals surface area (Å²) >= 11 is 6.02. The number of amides is 1. The molecule has 0 unspecified atom stereocenters. The lowest BCUT2D eigenvalue weighted by atomic mass is 10.1. The Morgan fingerprint density at radius 3 is 2.67 bits per heavy atom. The lowest BCUT2D eigenvalue weighted by Crippen LogP contribution is -2.13. The number of benzene rings is 2. The molecule has 0 fully saturated rings. The normalized spacial score (nSPS) is 10.8. The molecule has 2 N–H and O–H groups in total. The van der Waals surface area contributed by atoms with Crippen LogP contribution in [0.3, 0.4) is 0 Å². The Morgan fingerprint density at radius 2 is 2.08 bits per heavy atom. The molecular weight excluding hydrogens is 328 g/mol. The average molecular weight is 343 g/mol. The zero-order chi connectivity index (χ0) is 17.7. The Labute approximate surface area is 144 Å². The van der Waals surface area contributed by atoms with E-state index >= 15 is 0 Å². The van der Waals surface area contributed by atoms with Gasteiger partial charge in [0.15, 0.2) is 11.5 Å². The van der Waals surface area contributed by atoms with Crippen LogP contribution in [0.1, 0.15) is 11.1 Å². The number of rotatable bonds is 4. The highest BCUT2D eigenvalue weighted by molar-refractivity contribution is 6.31. The number of anilines is 1. The van der Waals surface area contributed by atoms with Gasteiger partial charge in [0, 0.05) is 10.7 Å². The Kier molecular flexibility index (Phi) is 5.46. The van der Waals surface area contributed by atoms with Crippen molar-refractivity contribution in [2.75, 3.05) is 12.4 Å². The fourth-order valence-corrected chi connectivity index (χ4v) is 2.16. The lowest BCUT2D eigenvalue weighted by molar-refractivity contribution is -0.112. The van der Waals surface area contributed by atoms with E-state index in [9.17, 15) is 15.2 Å². The Morgan fingerprint density at radius 1 is 1.33 bits per heavy atom. The number of carbonyl (C=O) groups excluding carboxylic acids is 1. The summed E-state index contributed by atoms with van der Waals surface area (Å²) in [6, 6.07) is 11.5. The van der Waals surface area contributed by atoms with Crippen molar-refractivity contribution in [3.8, 4) is 17.6 Å². The molecule has 0 bridgehead atoms. The number of halogens is 1. The number of hydrogen-bond acceptors (Lipinski definition) is 4. The van der Waals surface area contributed by atoms with Crippen LogP contribution < -0.4 is 10.1 Å². The van der Waals surface area contributed by atoms with Crippen molar-refractivity contribution >= 4 is 29.3 Å². The van der Waals surface area contributed by atoms with Crippen LogP contribution in [0, 0.1) is 18.3 Å². The highest BCUT2D eigenvalue weighted by Crippen LogP contribution is 2.27. The van der Waals surface area contributed by atoms with Crippen molar-refractivity contribution in [3.63, 3.8) is 0 Å². The van der Waals surface area contributed by atoms with Crippen LogP contribution in [-0.4, -0.2) is 18.1 Å². The number of ether oxygens (including phenoxy) is 1. The Bertz CT molecular complexity index is 854. The van der Waals surface area contributed by atoms with E-state index in [-0.39, 0.29) is 11.3 Å². The number of nitrogens with zero attached hydrogens (tertiary/aromatic N) is 1. The first-order valence-electron chi connectivity index (χ1n) is 7.01. The highest BCUT2D eigenvalue weighted by atomic mass is 35.5. The second-order valence-corrected chi connectivity index (χ2v) is 5.43. The van der Waals surface area contributed by atoms with Crippen LogP contribution in [0.15, 0.2) is 42.0 Å². The highest BCUT2D eigenvalue weighted by Gasteiger charge is 2.11. The van der Waals surface area contributed by atoms with E-state index in [0.717, 1.165) is 5.56 Å². The molecule has 0 spiro atoms. The lowest BCUT2D eigenvalue weighted by Gasteiger charge is -2.07.